The van der Waals surface area contributed by atoms with E-state index >= 15 is 0 Å². The number of hydrogen-bond acceptors (Lipinski definition) is 2. The molecule has 152 valence electrons. The van der Waals surface area contributed by atoms with Crippen LogP contribution in [-0.2, 0) is 17.3 Å². The molecule has 0 aliphatic heterocycles. The molecule has 3 heteroatoms. The molecule has 0 aliphatic rings. The summed E-state index contributed by atoms with van der Waals surface area (Å²) < 4.78 is 6.46. The molecule has 28 heavy (non-hydrogen) atoms. The van der Waals surface area contributed by atoms with Crippen LogP contribution in [0.25, 0.3) is 0 Å². The molecule has 1 N–H and O–H groups in total. The van der Waals surface area contributed by atoms with Crippen LogP contribution in [0.1, 0.15) is 31.9 Å². The van der Waals surface area contributed by atoms with Crippen molar-refractivity contribution < 1.29 is 9.53 Å². The van der Waals surface area contributed by atoms with Crippen LogP contribution >= 0.6 is 0 Å². The number of benzene rings is 2. The van der Waals surface area contributed by atoms with E-state index in [1.165, 1.54) is 11.1 Å². The molecule has 0 saturated carbocycles. The predicted molar refractivity (Wildman–Crippen MR) is 122 cm³/mol. The molecule has 2 nitrogen and oxygen atoms in total. The van der Waals surface area contributed by atoms with Crippen molar-refractivity contribution in [3.8, 4) is 0 Å². The lowest BCUT2D eigenvalue weighted by Gasteiger charge is -2.37. The number of aliphatic hydroxyl groups excluding tert-OH is 1. The summed E-state index contributed by atoms with van der Waals surface area (Å²) in [7, 11) is -1.85. The number of allylic oxidation sites excluding steroid dienone is 1. The summed E-state index contributed by atoms with van der Waals surface area (Å²) in [4.78, 5) is 0. The third-order valence-electron chi connectivity index (χ3n) is 5.82. The van der Waals surface area contributed by atoms with Gasteiger partial charge < -0.3 is 9.53 Å². The van der Waals surface area contributed by atoms with Crippen LogP contribution in [-0.4, -0.2) is 26.1 Å². The van der Waals surface area contributed by atoms with Gasteiger partial charge in [-0.1, -0.05) is 93.6 Å². The largest absolute Gasteiger partial charge is 0.416 e. The van der Waals surface area contributed by atoms with Gasteiger partial charge in [0, 0.05) is 12.5 Å². The monoisotopic (exact) mass is 396 g/mol. The summed E-state index contributed by atoms with van der Waals surface area (Å²) in [5.41, 5.74) is 2.49. The smallest absolute Gasteiger partial charge is 0.191 e. The van der Waals surface area contributed by atoms with E-state index in [2.05, 4.69) is 76.3 Å². The molecule has 0 fully saturated rings. The van der Waals surface area contributed by atoms with Gasteiger partial charge in [-0.3, -0.25) is 0 Å². The lowest BCUT2D eigenvalue weighted by molar-refractivity contribution is 0.104. The van der Waals surface area contributed by atoms with Crippen molar-refractivity contribution in [2.24, 2.45) is 5.92 Å². The van der Waals surface area contributed by atoms with Gasteiger partial charge in [0.2, 0.25) is 0 Å². The van der Waals surface area contributed by atoms with Crippen molar-refractivity contribution in [2.45, 2.75) is 57.8 Å². The summed E-state index contributed by atoms with van der Waals surface area (Å²) in [6.45, 7) is 11.9. The van der Waals surface area contributed by atoms with E-state index in [0.29, 0.717) is 6.61 Å². The fraction of sp³-hybridized carbons (Fsp3) is 0.440. The Morgan fingerprint density at radius 3 is 2.00 bits per heavy atom. The molecule has 0 saturated heterocycles. The van der Waals surface area contributed by atoms with Crippen molar-refractivity contribution in [2.75, 3.05) is 6.61 Å². The van der Waals surface area contributed by atoms with Crippen LogP contribution in [0.2, 0.25) is 18.1 Å². The van der Waals surface area contributed by atoms with Gasteiger partial charge in [-0.15, -0.1) is 0 Å². The second-order valence-corrected chi connectivity index (χ2v) is 13.9. The molecule has 2 unspecified atom stereocenters. The van der Waals surface area contributed by atoms with Crippen LogP contribution in [0.4, 0.5) is 0 Å². The molecule has 0 aromatic heterocycles. The maximum atomic E-state index is 10.9. The lowest BCUT2D eigenvalue weighted by Crippen LogP contribution is -2.43. The van der Waals surface area contributed by atoms with Crippen molar-refractivity contribution >= 4 is 8.32 Å². The number of hydrogen-bond donors (Lipinski definition) is 1. The van der Waals surface area contributed by atoms with Crippen LogP contribution in [0, 0.1) is 5.92 Å². The van der Waals surface area contributed by atoms with Gasteiger partial charge in [0.25, 0.3) is 0 Å². The van der Waals surface area contributed by atoms with Gasteiger partial charge in [-0.2, -0.15) is 0 Å². The van der Waals surface area contributed by atoms with Gasteiger partial charge in [0.05, 0.1) is 6.10 Å². The zero-order valence-electron chi connectivity index (χ0n) is 18.1. The third-order valence-corrected chi connectivity index (χ3v) is 10.3. The Morgan fingerprint density at radius 1 is 0.929 bits per heavy atom. The molecule has 0 amide bonds. The van der Waals surface area contributed by atoms with E-state index in [-0.39, 0.29) is 11.0 Å². The summed E-state index contributed by atoms with van der Waals surface area (Å²) >= 11 is 0. The molecular weight excluding hydrogens is 360 g/mol. The maximum absolute atomic E-state index is 10.9. The molecule has 0 bridgehead atoms. The zero-order valence-corrected chi connectivity index (χ0v) is 19.1. The third kappa shape index (κ3) is 7.05. The van der Waals surface area contributed by atoms with Crippen LogP contribution < -0.4 is 0 Å². The summed E-state index contributed by atoms with van der Waals surface area (Å²) in [5, 5.41) is 11.1. The highest BCUT2D eigenvalue weighted by Gasteiger charge is 2.38. The molecule has 2 aromatic rings. The Hall–Kier alpha value is -1.68. The molecule has 2 rings (SSSR count). The minimum absolute atomic E-state index is 0.0450. The van der Waals surface area contributed by atoms with Crippen LogP contribution in [0.15, 0.2) is 72.8 Å². The van der Waals surface area contributed by atoms with Gasteiger partial charge in [-0.05, 0) is 42.1 Å². The first-order valence-electron chi connectivity index (χ1n) is 10.3. The second kappa shape index (κ2) is 10.2. The zero-order chi connectivity index (χ0) is 20.6. The second-order valence-electron chi connectivity index (χ2n) is 9.13. The van der Waals surface area contributed by atoms with Gasteiger partial charge in [-0.25, -0.2) is 0 Å². The van der Waals surface area contributed by atoms with Crippen molar-refractivity contribution in [3.05, 3.63) is 83.9 Å². The van der Waals surface area contributed by atoms with Crippen molar-refractivity contribution in [1.82, 2.24) is 0 Å². The number of rotatable bonds is 9. The van der Waals surface area contributed by atoms with E-state index in [1.54, 1.807) is 0 Å². The van der Waals surface area contributed by atoms with Crippen LogP contribution in [0.3, 0.4) is 0 Å². The van der Waals surface area contributed by atoms with E-state index in [4.69, 9.17) is 4.43 Å². The first-order valence-corrected chi connectivity index (χ1v) is 13.2. The van der Waals surface area contributed by atoms with Gasteiger partial charge >= 0.3 is 0 Å². The quantitative estimate of drug-likeness (QED) is 0.414. The number of aliphatic hydroxyl groups is 1. The van der Waals surface area contributed by atoms with E-state index in [1.807, 2.05) is 30.3 Å². The normalized spacial score (nSPS) is 14.9. The average Bonchev–Trinajstić information content (AvgIpc) is 2.66. The highest BCUT2D eigenvalue weighted by molar-refractivity contribution is 6.74. The Kier molecular flexibility index (Phi) is 8.23. The Labute approximate surface area is 172 Å². The van der Waals surface area contributed by atoms with E-state index in [0.717, 1.165) is 12.8 Å². The Balaban J connectivity index is 2.06. The average molecular weight is 397 g/mol. The Morgan fingerprint density at radius 2 is 1.46 bits per heavy atom. The van der Waals surface area contributed by atoms with Crippen molar-refractivity contribution in [1.29, 1.82) is 0 Å². The lowest BCUT2D eigenvalue weighted by atomic mass is 9.94. The predicted octanol–water partition coefficient (Wildman–Crippen LogP) is 6.03. The fourth-order valence-electron chi connectivity index (χ4n) is 2.84. The van der Waals surface area contributed by atoms with Crippen LogP contribution in [0.5, 0.6) is 0 Å². The van der Waals surface area contributed by atoms with E-state index < -0.39 is 14.4 Å². The minimum Gasteiger partial charge on any atom is -0.416 e. The maximum Gasteiger partial charge on any atom is 0.191 e. The first kappa shape index (κ1) is 22.6. The highest BCUT2D eigenvalue weighted by atomic mass is 28.4. The SMILES string of the molecule is CC(C)(C)[Si](C)(C)OCC(Cc1ccccc1)C(O)/C=C\Cc1ccccc1. The molecule has 0 spiro atoms. The molecule has 0 aliphatic carbocycles. The molecule has 2 atom stereocenters. The summed E-state index contributed by atoms with van der Waals surface area (Å²) in [5.74, 6) is 0.0450. The van der Waals surface area contributed by atoms with Crippen molar-refractivity contribution in [3.63, 3.8) is 0 Å². The molecule has 2 aromatic carbocycles. The molecular formula is C25H36O2Si. The van der Waals surface area contributed by atoms with Gasteiger partial charge in [0.1, 0.15) is 0 Å². The standard InChI is InChI=1S/C25H36O2Si/c1-25(2,3)28(4,5)27-20-23(19-22-15-10-7-11-16-22)24(26)18-12-17-21-13-8-6-9-14-21/h6-16,18,23-24,26H,17,19-20H2,1-5H3/b18-12-. The fourth-order valence-corrected chi connectivity index (χ4v) is 3.91. The highest BCUT2D eigenvalue weighted by Crippen LogP contribution is 2.37. The van der Waals surface area contributed by atoms with E-state index in [9.17, 15) is 5.11 Å². The van der Waals surface area contributed by atoms with Gasteiger partial charge in [0.15, 0.2) is 8.32 Å². The topological polar surface area (TPSA) is 29.5 Å². The Bertz CT molecular complexity index is 717. The first-order chi connectivity index (χ1) is 13.2. The summed E-state index contributed by atoms with van der Waals surface area (Å²) in [6, 6.07) is 20.7. The summed E-state index contributed by atoms with van der Waals surface area (Å²) in [6.07, 6.45) is 5.14. The molecule has 0 heterocycles. The molecule has 0 radical (unpaired) electrons. The minimum atomic E-state index is -1.85.